The lowest BCUT2D eigenvalue weighted by Gasteiger charge is -2.29. The number of rotatable bonds is 7. The van der Waals surface area contributed by atoms with Gasteiger partial charge in [0.15, 0.2) is 0 Å². The fourth-order valence-corrected chi connectivity index (χ4v) is 2.34. The summed E-state index contributed by atoms with van der Waals surface area (Å²) < 4.78 is 0. The van der Waals surface area contributed by atoms with Crippen molar-refractivity contribution in [2.45, 2.75) is 31.9 Å². The average molecular weight is 266 g/mol. The van der Waals surface area contributed by atoms with E-state index in [1.165, 1.54) is 0 Å². The van der Waals surface area contributed by atoms with E-state index in [-0.39, 0.29) is 6.04 Å². The number of aromatic hydroxyl groups is 1. The van der Waals surface area contributed by atoms with Crippen LogP contribution in [0.3, 0.4) is 0 Å². The Morgan fingerprint density at radius 3 is 2.47 bits per heavy atom. The summed E-state index contributed by atoms with van der Waals surface area (Å²) in [5.74, 6) is 0.300. The molecule has 0 bridgehead atoms. The summed E-state index contributed by atoms with van der Waals surface area (Å²) in [6.07, 6.45) is 0.857. The van der Waals surface area contributed by atoms with Crippen LogP contribution < -0.4 is 5.32 Å². The predicted octanol–water partition coefficient (Wildman–Crippen LogP) is 1.75. The maximum atomic E-state index is 10.3. The Morgan fingerprint density at radius 1 is 1.32 bits per heavy atom. The van der Waals surface area contributed by atoms with Gasteiger partial charge in [-0.2, -0.15) is 0 Å². The van der Waals surface area contributed by atoms with Crippen molar-refractivity contribution >= 4 is 0 Å². The van der Waals surface area contributed by atoms with Crippen molar-refractivity contribution in [1.82, 2.24) is 10.2 Å². The number of para-hydroxylation sites is 1. The largest absolute Gasteiger partial charge is 0.508 e. The molecule has 0 heterocycles. The molecule has 0 saturated carbocycles. The second kappa shape index (κ2) is 6.89. The van der Waals surface area contributed by atoms with Gasteiger partial charge in [0.2, 0.25) is 0 Å². The maximum absolute atomic E-state index is 10.3. The molecule has 2 unspecified atom stereocenters. The first-order valence-electron chi connectivity index (χ1n) is 6.74. The van der Waals surface area contributed by atoms with E-state index in [0.29, 0.717) is 18.8 Å². The molecule has 0 fully saturated rings. The molecular formula is C15H26N2O2. The Kier molecular flexibility index (Phi) is 5.79. The molecule has 4 nitrogen and oxygen atoms in total. The zero-order chi connectivity index (χ0) is 14.5. The number of phenols is 1. The molecule has 1 aromatic carbocycles. The van der Waals surface area contributed by atoms with Crippen molar-refractivity contribution in [3.05, 3.63) is 29.8 Å². The van der Waals surface area contributed by atoms with E-state index in [0.717, 1.165) is 12.0 Å². The zero-order valence-corrected chi connectivity index (χ0v) is 12.3. The van der Waals surface area contributed by atoms with E-state index >= 15 is 0 Å². The lowest BCUT2D eigenvalue weighted by atomic mass is 10.0. The number of phenolic OH excluding ortho intramolecular Hbond substituents is 1. The molecule has 2 atom stereocenters. The van der Waals surface area contributed by atoms with Gasteiger partial charge in [-0.15, -0.1) is 0 Å². The van der Waals surface area contributed by atoms with Gasteiger partial charge >= 0.3 is 0 Å². The van der Waals surface area contributed by atoms with Crippen LogP contribution in [0.2, 0.25) is 0 Å². The van der Waals surface area contributed by atoms with Gasteiger partial charge in [0, 0.05) is 24.7 Å². The first kappa shape index (κ1) is 16.0. The third-order valence-electron chi connectivity index (χ3n) is 3.11. The number of nitrogens with zero attached hydrogens (tertiary/aromatic N) is 1. The van der Waals surface area contributed by atoms with Crippen LogP contribution in [0, 0.1) is 0 Å². The van der Waals surface area contributed by atoms with E-state index < -0.39 is 5.60 Å². The normalized spacial score (nSPS) is 16.3. The highest BCUT2D eigenvalue weighted by molar-refractivity contribution is 5.34. The molecule has 0 aliphatic carbocycles. The van der Waals surface area contributed by atoms with Crippen LogP contribution in [0.1, 0.15) is 31.9 Å². The second-order valence-corrected chi connectivity index (χ2v) is 5.64. The second-order valence-electron chi connectivity index (χ2n) is 5.64. The Balaban J connectivity index is 2.66. The molecule has 0 radical (unpaired) electrons. The van der Waals surface area contributed by atoms with Crippen molar-refractivity contribution in [3.63, 3.8) is 0 Å². The topological polar surface area (TPSA) is 55.7 Å². The fourth-order valence-electron chi connectivity index (χ4n) is 2.34. The maximum Gasteiger partial charge on any atom is 0.120 e. The summed E-state index contributed by atoms with van der Waals surface area (Å²) in [6, 6.07) is 7.38. The van der Waals surface area contributed by atoms with Gasteiger partial charge in [0.05, 0.1) is 5.60 Å². The van der Waals surface area contributed by atoms with Crippen molar-refractivity contribution in [1.29, 1.82) is 0 Å². The van der Waals surface area contributed by atoms with E-state index in [1.807, 2.05) is 44.1 Å². The number of benzene rings is 1. The van der Waals surface area contributed by atoms with Gasteiger partial charge < -0.3 is 20.4 Å². The zero-order valence-electron chi connectivity index (χ0n) is 12.3. The van der Waals surface area contributed by atoms with Gasteiger partial charge in [-0.3, -0.25) is 0 Å². The quantitative estimate of drug-likeness (QED) is 0.704. The van der Waals surface area contributed by atoms with Crippen LogP contribution in [0.5, 0.6) is 5.75 Å². The first-order valence-corrected chi connectivity index (χ1v) is 6.74. The summed E-state index contributed by atoms with van der Waals surface area (Å²) in [5, 5.41) is 23.5. The van der Waals surface area contributed by atoms with Crippen LogP contribution in [0.15, 0.2) is 24.3 Å². The van der Waals surface area contributed by atoms with E-state index in [4.69, 9.17) is 0 Å². The molecular weight excluding hydrogens is 240 g/mol. The van der Waals surface area contributed by atoms with E-state index in [9.17, 15) is 10.2 Å². The van der Waals surface area contributed by atoms with E-state index in [2.05, 4.69) is 12.2 Å². The molecule has 0 aromatic heterocycles. The number of nitrogens with one attached hydrogen (secondary N) is 1. The van der Waals surface area contributed by atoms with Gasteiger partial charge in [-0.1, -0.05) is 25.1 Å². The molecule has 0 saturated heterocycles. The number of likely N-dealkylation sites (N-methyl/N-ethyl adjacent to an activating group) is 1. The smallest absolute Gasteiger partial charge is 0.120 e. The molecule has 0 spiro atoms. The van der Waals surface area contributed by atoms with Crippen LogP contribution in [0.25, 0.3) is 0 Å². The number of hydrogen-bond donors (Lipinski definition) is 3. The van der Waals surface area contributed by atoms with Crippen LogP contribution in [-0.2, 0) is 0 Å². The minimum atomic E-state index is -0.790. The Labute approximate surface area is 116 Å². The number of hydrogen-bond acceptors (Lipinski definition) is 4. The van der Waals surface area contributed by atoms with Gasteiger partial charge in [0.25, 0.3) is 0 Å². The summed E-state index contributed by atoms with van der Waals surface area (Å²) >= 11 is 0. The van der Waals surface area contributed by atoms with E-state index in [1.54, 1.807) is 6.07 Å². The predicted molar refractivity (Wildman–Crippen MR) is 78.3 cm³/mol. The van der Waals surface area contributed by atoms with Crippen LogP contribution >= 0.6 is 0 Å². The van der Waals surface area contributed by atoms with Gasteiger partial charge in [-0.25, -0.2) is 0 Å². The van der Waals surface area contributed by atoms with Gasteiger partial charge in [-0.05, 0) is 33.5 Å². The molecule has 0 aliphatic rings. The monoisotopic (exact) mass is 266 g/mol. The Hall–Kier alpha value is -1.10. The number of aliphatic hydroxyl groups is 1. The SMILES string of the molecule is CCC(NCC(C)(O)CN(C)C)c1ccccc1O. The molecule has 108 valence electrons. The molecule has 3 N–H and O–H groups in total. The summed E-state index contributed by atoms with van der Waals surface area (Å²) in [4.78, 5) is 1.96. The highest BCUT2D eigenvalue weighted by atomic mass is 16.3. The molecule has 1 rings (SSSR count). The highest BCUT2D eigenvalue weighted by Gasteiger charge is 2.23. The first-order chi connectivity index (χ1) is 8.85. The Morgan fingerprint density at radius 2 is 1.95 bits per heavy atom. The van der Waals surface area contributed by atoms with Crippen molar-refractivity contribution in [2.75, 3.05) is 27.2 Å². The fraction of sp³-hybridized carbons (Fsp3) is 0.600. The van der Waals surface area contributed by atoms with Crippen LogP contribution in [-0.4, -0.2) is 47.9 Å². The van der Waals surface area contributed by atoms with Crippen LogP contribution in [0.4, 0.5) is 0 Å². The third-order valence-corrected chi connectivity index (χ3v) is 3.11. The average Bonchev–Trinajstić information content (AvgIpc) is 2.30. The highest BCUT2D eigenvalue weighted by Crippen LogP contribution is 2.26. The molecule has 0 amide bonds. The summed E-state index contributed by atoms with van der Waals surface area (Å²) in [6.45, 7) is 4.96. The summed E-state index contributed by atoms with van der Waals surface area (Å²) in [7, 11) is 3.88. The van der Waals surface area contributed by atoms with Crippen molar-refractivity contribution < 1.29 is 10.2 Å². The molecule has 0 aliphatic heterocycles. The Bertz CT molecular complexity index is 391. The van der Waals surface area contributed by atoms with Crippen molar-refractivity contribution in [3.8, 4) is 5.75 Å². The lowest BCUT2D eigenvalue weighted by Crippen LogP contribution is -2.46. The minimum absolute atomic E-state index is 0.0508. The standard InChI is InChI=1S/C15H26N2O2/c1-5-13(12-8-6-7-9-14(12)18)16-10-15(2,19)11-17(3)4/h6-9,13,16,18-19H,5,10-11H2,1-4H3. The lowest BCUT2D eigenvalue weighted by molar-refractivity contribution is 0.0311. The molecule has 19 heavy (non-hydrogen) atoms. The minimum Gasteiger partial charge on any atom is -0.508 e. The third kappa shape index (κ3) is 5.19. The molecule has 1 aromatic rings. The molecule has 4 heteroatoms. The van der Waals surface area contributed by atoms with Gasteiger partial charge in [0.1, 0.15) is 5.75 Å². The summed E-state index contributed by atoms with van der Waals surface area (Å²) in [5.41, 5.74) is 0.0899. The van der Waals surface area contributed by atoms with Crippen molar-refractivity contribution in [2.24, 2.45) is 0 Å².